The second-order valence-corrected chi connectivity index (χ2v) is 5.77. The summed E-state index contributed by atoms with van der Waals surface area (Å²) in [6, 6.07) is 5.03. The van der Waals surface area contributed by atoms with Gasteiger partial charge in [-0.25, -0.2) is 4.98 Å². The van der Waals surface area contributed by atoms with Gasteiger partial charge >= 0.3 is 0 Å². The summed E-state index contributed by atoms with van der Waals surface area (Å²) in [6.07, 6.45) is 3.54. The van der Waals surface area contributed by atoms with E-state index in [4.69, 9.17) is 17.3 Å². The molecule has 0 spiro atoms. The molecule has 1 aromatic carbocycles. The molecule has 3 rings (SSSR count). The van der Waals surface area contributed by atoms with Crippen molar-refractivity contribution in [3.63, 3.8) is 0 Å². The van der Waals surface area contributed by atoms with Crippen LogP contribution in [0.2, 0.25) is 5.02 Å². The summed E-state index contributed by atoms with van der Waals surface area (Å²) in [4.78, 5) is 16.4. The number of hydrogen-bond donors (Lipinski definition) is 3. The first-order chi connectivity index (χ1) is 10.6. The lowest BCUT2D eigenvalue weighted by atomic mass is 10.1. The van der Waals surface area contributed by atoms with Gasteiger partial charge in [0.05, 0.1) is 10.7 Å². The minimum Gasteiger partial charge on any atom is -0.506 e. The lowest BCUT2D eigenvalue weighted by molar-refractivity contribution is 0.364. The Morgan fingerprint density at radius 1 is 1.45 bits per heavy atom. The summed E-state index contributed by atoms with van der Waals surface area (Å²) in [5, 5.41) is 13.6. The number of nitrogens with one attached hydrogen (secondary N) is 1. The smallest absolute Gasteiger partial charge is 0.293 e. The number of aromatic nitrogens is 2. The van der Waals surface area contributed by atoms with Crippen LogP contribution in [0.4, 0.5) is 5.82 Å². The summed E-state index contributed by atoms with van der Waals surface area (Å²) < 4.78 is 1.60. The number of nitrogen functional groups attached to an aromatic ring is 1. The molecular formula is C15H17ClN4O2. The molecule has 1 saturated heterocycles. The molecule has 2 aromatic rings. The highest BCUT2D eigenvalue weighted by Crippen LogP contribution is 2.34. The van der Waals surface area contributed by atoms with Crippen molar-refractivity contribution in [2.24, 2.45) is 0 Å². The SMILES string of the molecule is Nc1nc(-c2cccc(Cl)c2O)cn(C2CCCNC2)c1=O. The number of aromatic hydroxyl groups is 1. The van der Waals surface area contributed by atoms with Gasteiger partial charge in [0.15, 0.2) is 5.82 Å². The number of anilines is 1. The van der Waals surface area contributed by atoms with Gasteiger partial charge in [-0.3, -0.25) is 4.79 Å². The Balaban J connectivity index is 2.11. The molecule has 0 aliphatic carbocycles. The summed E-state index contributed by atoms with van der Waals surface area (Å²) in [5.74, 6) is -0.148. The van der Waals surface area contributed by atoms with E-state index in [2.05, 4.69) is 10.3 Å². The third-order valence-electron chi connectivity index (χ3n) is 3.88. The third kappa shape index (κ3) is 2.67. The summed E-state index contributed by atoms with van der Waals surface area (Å²) >= 11 is 5.94. The van der Waals surface area contributed by atoms with Crippen LogP contribution in [0.25, 0.3) is 11.3 Å². The van der Waals surface area contributed by atoms with Crippen LogP contribution >= 0.6 is 11.6 Å². The molecule has 0 saturated carbocycles. The Kier molecular flexibility index (Phi) is 4.04. The van der Waals surface area contributed by atoms with E-state index < -0.39 is 0 Å². The first-order valence-corrected chi connectivity index (χ1v) is 7.53. The Bertz CT molecular complexity index is 754. The van der Waals surface area contributed by atoms with Crippen molar-refractivity contribution >= 4 is 17.4 Å². The van der Waals surface area contributed by atoms with Gasteiger partial charge in [0.2, 0.25) is 0 Å². The molecule has 1 fully saturated rings. The van der Waals surface area contributed by atoms with Crippen molar-refractivity contribution < 1.29 is 5.11 Å². The fourth-order valence-corrected chi connectivity index (χ4v) is 2.90. The third-order valence-corrected chi connectivity index (χ3v) is 4.19. The van der Waals surface area contributed by atoms with Crippen molar-refractivity contribution in [3.05, 3.63) is 39.8 Å². The van der Waals surface area contributed by atoms with Crippen LogP contribution in [0.5, 0.6) is 5.75 Å². The minimum absolute atomic E-state index is 0.0339. The van der Waals surface area contributed by atoms with Crippen molar-refractivity contribution in [2.45, 2.75) is 18.9 Å². The first-order valence-electron chi connectivity index (χ1n) is 7.15. The summed E-state index contributed by atoms with van der Waals surface area (Å²) in [5.41, 5.74) is 6.36. The highest BCUT2D eigenvalue weighted by atomic mass is 35.5. The average Bonchev–Trinajstić information content (AvgIpc) is 2.53. The molecule has 2 heterocycles. The first kappa shape index (κ1) is 14.9. The number of rotatable bonds is 2. The number of benzene rings is 1. The topological polar surface area (TPSA) is 93.2 Å². The minimum atomic E-state index is -0.307. The van der Waals surface area contributed by atoms with E-state index in [-0.39, 0.29) is 28.2 Å². The normalized spacial score (nSPS) is 18.3. The maximum atomic E-state index is 12.3. The molecule has 0 bridgehead atoms. The number of nitrogens with zero attached hydrogens (tertiary/aromatic N) is 2. The van der Waals surface area contributed by atoms with E-state index in [0.29, 0.717) is 17.8 Å². The van der Waals surface area contributed by atoms with Crippen LogP contribution < -0.4 is 16.6 Å². The highest BCUT2D eigenvalue weighted by Gasteiger charge is 2.19. The average molecular weight is 321 g/mol. The molecule has 1 atom stereocenters. The van der Waals surface area contributed by atoms with Gasteiger partial charge in [0, 0.05) is 24.3 Å². The lowest BCUT2D eigenvalue weighted by Gasteiger charge is -2.25. The quantitative estimate of drug-likeness (QED) is 0.784. The largest absolute Gasteiger partial charge is 0.506 e. The van der Waals surface area contributed by atoms with Crippen LogP contribution in [0.15, 0.2) is 29.2 Å². The number of hydrogen-bond acceptors (Lipinski definition) is 5. The molecule has 1 aromatic heterocycles. The maximum Gasteiger partial charge on any atom is 0.293 e. The fourth-order valence-electron chi connectivity index (χ4n) is 2.72. The Morgan fingerprint density at radius 2 is 2.27 bits per heavy atom. The van der Waals surface area contributed by atoms with Crippen LogP contribution in [0.3, 0.4) is 0 Å². The standard InChI is InChI=1S/C15H17ClN4O2/c16-11-5-1-4-10(13(11)21)12-8-20(15(22)14(17)19-12)9-3-2-6-18-7-9/h1,4-5,8-9,18,21H,2-3,6-7H2,(H2,17,19). The number of nitrogens with two attached hydrogens (primary N) is 1. The Labute approximate surface area is 132 Å². The second-order valence-electron chi connectivity index (χ2n) is 5.36. The van der Waals surface area contributed by atoms with Crippen molar-refractivity contribution in [1.82, 2.24) is 14.9 Å². The van der Waals surface area contributed by atoms with E-state index in [9.17, 15) is 9.90 Å². The van der Waals surface area contributed by atoms with Gasteiger partial charge in [-0.1, -0.05) is 17.7 Å². The van der Waals surface area contributed by atoms with Crippen LogP contribution in [-0.2, 0) is 0 Å². The van der Waals surface area contributed by atoms with Gasteiger partial charge in [-0.2, -0.15) is 0 Å². The molecule has 0 radical (unpaired) electrons. The van der Waals surface area contributed by atoms with Crippen LogP contribution in [-0.4, -0.2) is 27.7 Å². The van der Waals surface area contributed by atoms with E-state index in [1.807, 2.05) is 0 Å². The summed E-state index contributed by atoms with van der Waals surface area (Å²) in [7, 11) is 0. The van der Waals surface area contributed by atoms with E-state index >= 15 is 0 Å². The van der Waals surface area contributed by atoms with Gasteiger partial charge in [0.1, 0.15) is 5.75 Å². The van der Waals surface area contributed by atoms with E-state index in [1.54, 1.807) is 29.0 Å². The summed E-state index contributed by atoms with van der Waals surface area (Å²) in [6.45, 7) is 1.66. The Morgan fingerprint density at radius 3 is 3.00 bits per heavy atom. The highest BCUT2D eigenvalue weighted by molar-refractivity contribution is 6.32. The lowest BCUT2D eigenvalue weighted by Crippen LogP contribution is -2.37. The number of halogens is 1. The van der Waals surface area contributed by atoms with Gasteiger partial charge in [-0.05, 0) is 31.5 Å². The molecule has 4 N–H and O–H groups in total. The van der Waals surface area contributed by atoms with Crippen molar-refractivity contribution in [3.8, 4) is 17.0 Å². The molecule has 1 aliphatic rings. The predicted molar refractivity (Wildman–Crippen MR) is 86.2 cm³/mol. The molecule has 7 heteroatoms. The molecule has 116 valence electrons. The monoisotopic (exact) mass is 320 g/mol. The van der Waals surface area contributed by atoms with Crippen molar-refractivity contribution in [1.29, 1.82) is 0 Å². The predicted octanol–water partition coefficient (Wildman–Crippen LogP) is 1.78. The van der Waals surface area contributed by atoms with E-state index in [0.717, 1.165) is 19.4 Å². The molecule has 22 heavy (non-hydrogen) atoms. The van der Waals surface area contributed by atoms with E-state index in [1.165, 1.54) is 0 Å². The van der Waals surface area contributed by atoms with Gasteiger partial charge in [-0.15, -0.1) is 0 Å². The number of phenolic OH excluding ortho intramolecular Hbond substituents is 1. The van der Waals surface area contributed by atoms with Crippen LogP contribution in [0, 0.1) is 0 Å². The zero-order valence-corrected chi connectivity index (χ0v) is 12.7. The number of phenols is 1. The molecule has 6 nitrogen and oxygen atoms in total. The second kappa shape index (κ2) is 5.98. The number of piperidine rings is 1. The van der Waals surface area contributed by atoms with Crippen molar-refractivity contribution in [2.75, 3.05) is 18.8 Å². The zero-order valence-electron chi connectivity index (χ0n) is 11.9. The Hall–Kier alpha value is -2.05. The molecule has 1 unspecified atom stereocenters. The number of para-hydroxylation sites is 1. The molecule has 1 aliphatic heterocycles. The van der Waals surface area contributed by atoms with Gasteiger partial charge in [0.25, 0.3) is 5.56 Å². The molecule has 0 amide bonds. The zero-order chi connectivity index (χ0) is 15.7. The maximum absolute atomic E-state index is 12.3. The molecular weight excluding hydrogens is 304 g/mol. The van der Waals surface area contributed by atoms with Crippen LogP contribution in [0.1, 0.15) is 18.9 Å². The van der Waals surface area contributed by atoms with Gasteiger partial charge < -0.3 is 20.7 Å². The fraction of sp³-hybridized carbons (Fsp3) is 0.333.